The fourth-order valence-electron chi connectivity index (χ4n) is 2.12. The van der Waals surface area contributed by atoms with Crippen LogP contribution in [-0.2, 0) is 9.47 Å². The third-order valence-corrected chi connectivity index (χ3v) is 2.95. The third kappa shape index (κ3) is 2.42. The molecule has 13 heavy (non-hydrogen) atoms. The molecular formula is C10H18O3. The minimum absolute atomic E-state index is 0.100. The molecule has 0 aromatic carbocycles. The summed E-state index contributed by atoms with van der Waals surface area (Å²) in [6.45, 7) is 1.63. The second kappa shape index (κ2) is 4.40. The average Bonchev–Trinajstić information content (AvgIpc) is 2.54. The molecule has 76 valence electrons. The Kier molecular flexibility index (Phi) is 3.19. The summed E-state index contributed by atoms with van der Waals surface area (Å²) in [6, 6.07) is 0. The Morgan fingerprint density at radius 2 is 1.85 bits per heavy atom. The molecule has 1 heterocycles. The monoisotopic (exact) mass is 186 g/mol. The van der Waals surface area contributed by atoms with Crippen LogP contribution in [0.4, 0.5) is 0 Å². The molecule has 1 saturated carbocycles. The maximum Gasteiger partial charge on any atom is 0.0837 e. The maximum atomic E-state index is 9.56. The Morgan fingerprint density at radius 1 is 1.08 bits per heavy atom. The summed E-state index contributed by atoms with van der Waals surface area (Å²) in [7, 11) is 0. The zero-order valence-electron chi connectivity index (χ0n) is 7.95. The standard InChI is InChI=1S/C10H18O3/c11-9-2-1-3-10(9)13-8-4-6-12-7-5-8/h8-11H,1-7H2/t9-,10-/m1/s1. The molecule has 2 fully saturated rings. The van der Waals surface area contributed by atoms with Crippen LogP contribution in [-0.4, -0.2) is 36.6 Å². The molecule has 3 heteroatoms. The van der Waals surface area contributed by atoms with Crippen molar-refractivity contribution in [1.29, 1.82) is 0 Å². The van der Waals surface area contributed by atoms with Gasteiger partial charge in [0.05, 0.1) is 18.3 Å². The Morgan fingerprint density at radius 3 is 2.46 bits per heavy atom. The van der Waals surface area contributed by atoms with E-state index in [0.29, 0.717) is 6.10 Å². The number of rotatable bonds is 2. The van der Waals surface area contributed by atoms with Crippen LogP contribution in [0, 0.1) is 0 Å². The van der Waals surface area contributed by atoms with Gasteiger partial charge in [-0.25, -0.2) is 0 Å². The average molecular weight is 186 g/mol. The molecule has 1 N–H and O–H groups in total. The summed E-state index contributed by atoms with van der Waals surface area (Å²) < 4.78 is 11.1. The first-order chi connectivity index (χ1) is 6.36. The number of aliphatic hydroxyl groups excluding tert-OH is 1. The summed E-state index contributed by atoms with van der Waals surface area (Å²) in [4.78, 5) is 0. The van der Waals surface area contributed by atoms with E-state index in [4.69, 9.17) is 9.47 Å². The molecule has 2 rings (SSSR count). The van der Waals surface area contributed by atoms with Gasteiger partial charge in [-0.15, -0.1) is 0 Å². The topological polar surface area (TPSA) is 38.7 Å². The lowest BCUT2D eigenvalue weighted by Gasteiger charge is -2.27. The minimum atomic E-state index is -0.220. The first kappa shape index (κ1) is 9.44. The summed E-state index contributed by atoms with van der Waals surface area (Å²) in [5.41, 5.74) is 0. The van der Waals surface area contributed by atoms with Gasteiger partial charge in [0, 0.05) is 13.2 Å². The van der Waals surface area contributed by atoms with Gasteiger partial charge in [0.15, 0.2) is 0 Å². The van der Waals surface area contributed by atoms with Crippen LogP contribution in [0.15, 0.2) is 0 Å². The van der Waals surface area contributed by atoms with E-state index in [1.165, 1.54) is 0 Å². The van der Waals surface area contributed by atoms with Crippen molar-refractivity contribution in [3.63, 3.8) is 0 Å². The van der Waals surface area contributed by atoms with Gasteiger partial charge >= 0.3 is 0 Å². The minimum Gasteiger partial charge on any atom is -0.390 e. The molecule has 1 aliphatic heterocycles. The van der Waals surface area contributed by atoms with Crippen molar-refractivity contribution in [3.05, 3.63) is 0 Å². The second-order valence-electron chi connectivity index (χ2n) is 3.98. The van der Waals surface area contributed by atoms with E-state index in [-0.39, 0.29) is 12.2 Å². The fraction of sp³-hybridized carbons (Fsp3) is 1.00. The van der Waals surface area contributed by atoms with E-state index in [1.807, 2.05) is 0 Å². The molecule has 0 aromatic heterocycles. The molecule has 0 aromatic rings. The highest BCUT2D eigenvalue weighted by Gasteiger charge is 2.29. The molecule has 0 radical (unpaired) electrons. The van der Waals surface area contributed by atoms with Gasteiger partial charge in [0.25, 0.3) is 0 Å². The van der Waals surface area contributed by atoms with Crippen LogP contribution in [0.5, 0.6) is 0 Å². The van der Waals surface area contributed by atoms with Crippen molar-refractivity contribution >= 4 is 0 Å². The van der Waals surface area contributed by atoms with Crippen molar-refractivity contribution in [2.75, 3.05) is 13.2 Å². The first-order valence-corrected chi connectivity index (χ1v) is 5.27. The lowest BCUT2D eigenvalue weighted by atomic mass is 10.1. The van der Waals surface area contributed by atoms with E-state index < -0.39 is 0 Å². The summed E-state index contributed by atoms with van der Waals surface area (Å²) in [5.74, 6) is 0. The van der Waals surface area contributed by atoms with E-state index in [2.05, 4.69) is 0 Å². The van der Waals surface area contributed by atoms with E-state index in [9.17, 15) is 5.11 Å². The van der Waals surface area contributed by atoms with Gasteiger partial charge in [-0.1, -0.05) is 0 Å². The molecule has 0 spiro atoms. The largest absolute Gasteiger partial charge is 0.390 e. The highest BCUT2D eigenvalue weighted by Crippen LogP contribution is 2.25. The highest BCUT2D eigenvalue weighted by atomic mass is 16.5. The second-order valence-corrected chi connectivity index (χ2v) is 3.98. The molecule has 1 aliphatic carbocycles. The predicted molar refractivity (Wildman–Crippen MR) is 48.6 cm³/mol. The van der Waals surface area contributed by atoms with Crippen LogP contribution in [0.1, 0.15) is 32.1 Å². The molecule has 2 aliphatic rings. The number of hydrogen-bond acceptors (Lipinski definition) is 3. The zero-order chi connectivity index (χ0) is 9.10. The van der Waals surface area contributed by atoms with E-state index in [1.54, 1.807) is 0 Å². The first-order valence-electron chi connectivity index (χ1n) is 5.27. The summed E-state index contributed by atoms with van der Waals surface area (Å²) in [6.07, 6.45) is 5.23. The smallest absolute Gasteiger partial charge is 0.0837 e. The molecule has 0 amide bonds. The Hall–Kier alpha value is -0.120. The van der Waals surface area contributed by atoms with Gasteiger partial charge in [-0.3, -0.25) is 0 Å². The number of aliphatic hydroxyl groups is 1. The lowest BCUT2D eigenvalue weighted by Crippen LogP contribution is -2.32. The van der Waals surface area contributed by atoms with Gasteiger partial charge in [-0.05, 0) is 32.1 Å². The Labute approximate surface area is 79.0 Å². The van der Waals surface area contributed by atoms with Crippen molar-refractivity contribution in [2.45, 2.75) is 50.4 Å². The molecular weight excluding hydrogens is 168 g/mol. The van der Waals surface area contributed by atoms with Gasteiger partial charge in [-0.2, -0.15) is 0 Å². The van der Waals surface area contributed by atoms with Crippen LogP contribution in [0.25, 0.3) is 0 Å². The van der Waals surface area contributed by atoms with Crippen molar-refractivity contribution in [3.8, 4) is 0 Å². The van der Waals surface area contributed by atoms with Crippen molar-refractivity contribution in [2.24, 2.45) is 0 Å². The summed E-state index contributed by atoms with van der Waals surface area (Å²) >= 11 is 0. The Balaban J connectivity index is 1.75. The number of hydrogen-bond donors (Lipinski definition) is 1. The van der Waals surface area contributed by atoms with Crippen molar-refractivity contribution in [1.82, 2.24) is 0 Å². The molecule has 0 unspecified atom stereocenters. The Bertz CT molecular complexity index is 154. The molecule has 3 nitrogen and oxygen atoms in total. The summed E-state index contributed by atoms with van der Waals surface area (Å²) in [5, 5.41) is 9.56. The van der Waals surface area contributed by atoms with Crippen LogP contribution >= 0.6 is 0 Å². The van der Waals surface area contributed by atoms with Gasteiger partial charge in [0.1, 0.15) is 0 Å². The number of ether oxygens (including phenoxy) is 2. The third-order valence-electron chi connectivity index (χ3n) is 2.95. The zero-order valence-corrected chi connectivity index (χ0v) is 7.95. The SMILES string of the molecule is O[C@@H]1CCC[C@H]1OC1CCOCC1. The van der Waals surface area contributed by atoms with E-state index >= 15 is 0 Å². The quantitative estimate of drug-likeness (QED) is 0.701. The normalized spacial score (nSPS) is 36.7. The molecule has 2 atom stereocenters. The van der Waals surface area contributed by atoms with Crippen LogP contribution < -0.4 is 0 Å². The van der Waals surface area contributed by atoms with Crippen molar-refractivity contribution < 1.29 is 14.6 Å². The van der Waals surface area contributed by atoms with E-state index in [0.717, 1.165) is 45.3 Å². The maximum absolute atomic E-state index is 9.56. The molecule has 1 saturated heterocycles. The van der Waals surface area contributed by atoms with Gasteiger partial charge < -0.3 is 14.6 Å². The lowest BCUT2D eigenvalue weighted by molar-refractivity contribution is -0.0969. The molecule has 0 bridgehead atoms. The predicted octanol–water partition coefficient (Wildman–Crippen LogP) is 1.10. The van der Waals surface area contributed by atoms with Gasteiger partial charge in [0.2, 0.25) is 0 Å². The fourth-order valence-corrected chi connectivity index (χ4v) is 2.12. The van der Waals surface area contributed by atoms with Crippen LogP contribution in [0.2, 0.25) is 0 Å². The van der Waals surface area contributed by atoms with Crippen LogP contribution in [0.3, 0.4) is 0 Å². The highest BCUT2D eigenvalue weighted by molar-refractivity contribution is 4.79.